The van der Waals surface area contributed by atoms with Crippen LogP contribution in [0.25, 0.3) is 5.69 Å². The zero-order valence-corrected chi connectivity index (χ0v) is 11.6. The third-order valence-corrected chi connectivity index (χ3v) is 3.69. The summed E-state index contributed by atoms with van der Waals surface area (Å²) in [6, 6.07) is 8.46. The second-order valence-electron chi connectivity index (χ2n) is 5.10. The van der Waals surface area contributed by atoms with E-state index >= 15 is 0 Å². The molecular weight excluding hydrogens is 236 g/mol. The van der Waals surface area contributed by atoms with E-state index in [0.29, 0.717) is 0 Å². The van der Waals surface area contributed by atoms with Crippen LogP contribution in [0.15, 0.2) is 30.5 Å². The van der Waals surface area contributed by atoms with Crippen molar-refractivity contribution in [3.63, 3.8) is 0 Å². The van der Waals surface area contributed by atoms with Crippen LogP contribution in [0.1, 0.15) is 11.3 Å². The molecule has 0 atom stereocenters. The van der Waals surface area contributed by atoms with E-state index in [-0.39, 0.29) is 0 Å². The lowest BCUT2D eigenvalue weighted by molar-refractivity contribution is 0.588. The monoisotopic (exact) mass is 256 g/mol. The molecule has 0 radical (unpaired) electrons. The number of nitrogens with zero attached hydrogens (tertiary/aromatic N) is 3. The van der Waals surface area contributed by atoms with Crippen LogP contribution < -0.4 is 10.2 Å². The maximum atomic E-state index is 4.56. The predicted octanol–water partition coefficient (Wildman–Crippen LogP) is 1.90. The molecule has 1 aliphatic rings. The third kappa shape index (κ3) is 2.36. The normalized spacial score (nSPS) is 15.8. The Morgan fingerprint density at radius 3 is 2.68 bits per heavy atom. The molecule has 2 heterocycles. The van der Waals surface area contributed by atoms with Crippen molar-refractivity contribution >= 4 is 5.69 Å². The molecule has 1 aliphatic heterocycles. The zero-order chi connectivity index (χ0) is 13.2. The van der Waals surface area contributed by atoms with Gasteiger partial charge < -0.3 is 10.2 Å². The van der Waals surface area contributed by atoms with Gasteiger partial charge in [0.1, 0.15) is 0 Å². The molecule has 1 N–H and O–H groups in total. The number of nitrogens with one attached hydrogen (secondary N) is 1. The number of anilines is 1. The standard InChI is InChI=1S/C15H20N4/c1-12-4-3-5-14(10-12)19-13(2)15(11-17-19)18-8-6-16-7-9-18/h3-5,10-11,16H,6-9H2,1-2H3. The molecular formula is C15H20N4. The molecule has 1 saturated heterocycles. The summed E-state index contributed by atoms with van der Waals surface area (Å²) in [5, 5.41) is 7.94. The molecule has 0 spiro atoms. The largest absolute Gasteiger partial charge is 0.366 e. The van der Waals surface area contributed by atoms with Gasteiger partial charge in [-0.1, -0.05) is 12.1 Å². The van der Waals surface area contributed by atoms with Crippen LogP contribution in [-0.4, -0.2) is 36.0 Å². The zero-order valence-electron chi connectivity index (χ0n) is 11.6. The van der Waals surface area contributed by atoms with Crippen LogP contribution in [0.4, 0.5) is 5.69 Å². The van der Waals surface area contributed by atoms with Gasteiger partial charge in [0.25, 0.3) is 0 Å². The Bertz CT molecular complexity index is 567. The lowest BCUT2D eigenvalue weighted by atomic mass is 10.2. The SMILES string of the molecule is Cc1cccc(-n2ncc(N3CCNCC3)c2C)c1. The van der Waals surface area contributed by atoms with Crippen molar-refractivity contribution < 1.29 is 0 Å². The maximum Gasteiger partial charge on any atom is 0.0787 e. The van der Waals surface area contributed by atoms with E-state index in [1.54, 1.807) is 0 Å². The third-order valence-electron chi connectivity index (χ3n) is 3.69. The number of hydrogen-bond donors (Lipinski definition) is 1. The average Bonchev–Trinajstić information content (AvgIpc) is 2.81. The number of aromatic nitrogens is 2. The van der Waals surface area contributed by atoms with Gasteiger partial charge in [0.05, 0.1) is 23.3 Å². The maximum absolute atomic E-state index is 4.56. The van der Waals surface area contributed by atoms with E-state index in [0.717, 1.165) is 31.9 Å². The Hall–Kier alpha value is -1.81. The number of hydrogen-bond acceptors (Lipinski definition) is 3. The highest BCUT2D eigenvalue weighted by atomic mass is 15.3. The van der Waals surface area contributed by atoms with Gasteiger partial charge in [0.2, 0.25) is 0 Å². The Labute approximate surface area is 114 Å². The molecule has 4 nitrogen and oxygen atoms in total. The summed E-state index contributed by atoms with van der Waals surface area (Å²) in [4.78, 5) is 2.41. The molecule has 0 aliphatic carbocycles. The summed E-state index contributed by atoms with van der Waals surface area (Å²) in [5.41, 5.74) is 4.87. The van der Waals surface area contributed by atoms with Gasteiger partial charge in [-0.2, -0.15) is 5.10 Å². The minimum absolute atomic E-state index is 1.05. The lowest BCUT2D eigenvalue weighted by Crippen LogP contribution is -2.43. The van der Waals surface area contributed by atoms with E-state index < -0.39 is 0 Å². The highest BCUT2D eigenvalue weighted by Gasteiger charge is 2.16. The number of aryl methyl sites for hydroxylation is 1. The summed E-state index contributed by atoms with van der Waals surface area (Å²) in [6.07, 6.45) is 1.99. The molecule has 0 bridgehead atoms. The van der Waals surface area contributed by atoms with E-state index in [4.69, 9.17) is 0 Å². The second-order valence-corrected chi connectivity index (χ2v) is 5.10. The van der Waals surface area contributed by atoms with Gasteiger partial charge in [0.15, 0.2) is 0 Å². The highest BCUT2D eigenvalue weighted by molar-refractivity contribution is 5.52. The van der Waals surface area contributed by atoms with Crippen molar-refractivity contribution in [1.82, 2.24) is 15.1 Å². The molecule has 4 heteroatoms. The van der Waals surface area contributed by atoms with Crippen molar-refractivity contribution in [3.8, 4) is 5.69 Å². The van der Waals surface area contributed by atoms with Crippen LogP contribution in [0.5, 0.6) is 0 Å². The van der Waals surface area contributed by atoms with Gasteiger partial charge in [-0.25, -0.2) is 4.68 Å². The molecule has 0 unspecified atom stereocenters. The fourth-order valence-electron chi connectivity index (χ4n) is 2.64. The van der Waals surface area contributed by atoms with Crippen molar-refractivity contribution in [2.75, 3.05) is 31.1 Å². The van der Waals surface area contributed by atoms with Gasteiger partial charge in [-0.15, -0.1) is 0 Å². The molecule has 1 aromatic carbocycles. The predicted molar refractivity (Wildman–Crippen MR) is 78.1 cm³/mol. The number of piperazine rings is 1. The quantitative estimate of drug-likeness (QED) is 0.891. The van der Waals surface area contributed by atoms with Gasteiger partial charge in [0, 0.05) is 26.2 Å². The molecule has 2 aromatic rings. The van der Waals surface area contributed by atoms with E-state index in [9.17, 15) is 0 Å². The molecule has 1 fully saturated rings. The molecule has 19 heavy (non-hydrogen) atoms. The minimum Gasteiger partial charge on any atom is -0.366 e. The summed E-state index contributed by atoms with van der Waals surface area (Å²) < 4.78 is 2.03. The van der Waals surface area contributed by atoms with Crippen LogP contribution in [0.3, 0.4) is 0 Å². The van der Waals surface area contributed by atoms with Crippen LogP contribution in [-0.2, 0) is 0 Å². The summed E-state index contributed by atoms with van der Waals surface area (Å²) in [7, 11) is 0. The van der Waals surface area contributed by atoms with E-state index in [2.05, 4.69) is 53.4 Å². The average molecular weight is 256 g/mol. The van der Waals surface area contributed by atoms with Crippen LogP contribution >= 0.6 is 0 Å². The summed E-state index contributed by atoms with van der Waals surface area (Å²) >= 11 is 0. The first-order chi connectivity index (χ1) is 9.25. The lowest BCUT2D eigenvalue weighted by Gasteiger charge is -2.28. The highest BCUT2D eigenvalue weighted by Crippen LogP contribution is 2.23. The number of benzene rings is 1. The first-order valence-electron chi connectivity index (χ1n) is 6.83. The van der Waals surface area contributed by atoms with Gasteiger partial charge >= 0.3 is 0 Å². The first kappa shape index (κ1) is 12.2. The Kier molecular flexibility index (Phi) is 3.25. The molecule has 0 saturated carbocycles. The van der Waals surface area contributed by atoms with Gasteiger partial charge in [-0.3, -0.25) is 0 Å². The molecule has 1 aromatic heterocycles. The first-order valence-corrected chi connectivity index (χ1v) is 6.83. The second kappa shape index (κ2) is 5.05. The van der Waals surface area contributed by atoms with Crippen LogP contribution in [0, 0.1) is 13.8 Å². The molecule has 100 valence electrons. The molecule has 0 amide bonds. The van der Waals surface area contributed by atoms with Gasteiger partial charge in [-0.05, 0) is 31.5 Å². The summed E-state index contributed by atoms with van der Waals surface area (Å²) in [6.45, 7) is 8.47. The minimum atomic E-state index is 1.05. The topological polar surface area (TPSA) is 33.1 Å². The van der Waals surface area contributed by atoms with Crippen molar-refractivity contribution in [2.24, 2.45) is 0 Å². The Balaban J connectivity index is 1.94. The fourth-order valence-corrected chi connectivity index (χ4v) is 2.64. The smallest absolute Gasteiger partial charge is 0.0787 e. The van der Waals surface area contributed by atoms with E-state index in [1.807, 2.05) is 10.9 Å². The molecule has 3 rings (SSSR count). The van der Waals surface area contributed by atoms with Crippen molar-refractivity contribution in [3.05, 3.63) is 41.7 Å². The number of rotatable bonds is 2. The summed E-state index contributed by atoms with van der Waals surface area (Å²) in [5.74, 6) is 0. The fraction of sp³-hybridized carbons (Fsp3) is 0.400. The van der Waals surface area contributed by atoms with E-state index in [1.165, 1.54) is 16.9 Å². The van der Waals surface area contributed by atoms with Crippen molar-refractivity contribution in [2.45, 2.75) is 13.8 Å². The van der Waals surface area contributed by atoms with Crippen molar-refractivity contribution in [1.29, 1.82) is 0 Å². The Morgan fingerprint density at radius 2 is 1.95 bits per heavy atom. The Morgan fingerprint density at radius 1 is 1.16 bits per heavy atom. The van der Waals surface area contributed by atoms with Crippen LogP contribution in [0.2, 0.25) is 0 Å².